The summed E-state index contributed by atoms with van der Waals surface area (Å²) in [4.78, 5) is 11.1. The summed E-state index contributed by atoms with van der Waals surface area (Å²) >= 11 is 0. The molecule has 0 bridgehead atoms. The van der Waals surface area contributed by atoms with Crippen molar-refractivity contribution in [1.82, 2.24) is 0 Å². The normalized spacial score (nSPS) is 22.4. The second-order valence-electron chi connectivity index (χ2n) is 7.80. The van der Waals surface area contributed by atoms with Crippen molar-refractivity contribution in [3.63, 3.8) is 0 Å². The summed E-state index contributed by atoms with van der Waals surface area (Å²) in [5.74, 6) is 0.168. The predicted octanol–water partition coefficient (Wildman–Crippen LogP) is 5.15. The van der Waals surface area contributed by atoms with Crippen LogP contribution < -0.4 is 0 Å². The number of hydrogen-bond donors (Lipinski definition) is 1. The maximum atomic E-state index is 11.1. The minimum absolute atomic E-state index is 0.0927. The fourth-order valence-electron chi connectivity index (χ4n) is 3.45. The molecule has 2 nitrogen and oxygen atoms in total. The molecule has 22 heavy (non-hydrogen) atoms. The molecule has 0 radical (unpaired) electrons. The molecule has 1 aromatic carbocycles. The van der Waals surface area contributed by atoms with E-state index < -0.39 is 5.97 Å². The van der Waals surface area contributed by atoms with E-state index in [2.05, 4.69) is 52.8 Å². The highest BCUT2D eigenvalue weighted by Gasteiger charge is 2.44. The summed E-state index contributed by atoms with van der Waals surface area (Å²) in [6.07, 6.45) is 4.02. The molecule has 1 aliphatic carbocycles. The molecule has 0 aromatic heterocycles. The molecule has 3 atom stereocenters. The largest absolute Gasteiger partial charge is 0.481 e. The molecule has 1 aliphatic rings. The van der Waals surface area contributed by atoms with E-state index >= 15 is 0 Å². The van der Waals surface area contributed by atoms with Crippen molar-refractivity contribution in [1.29, 1.82) is 0 Å². The molecule has 3 unspecified atom stereocenters. The van der Waals surface area contributed by atoms with Gasteiger partial charge in [-0.05, 0) is 59.6 Å². The van der Waals surface area contributed by atoms with Gasteiger partial charge in [-0.2, -0.15) is 0 Å². The van der Waals surface area contributed by atoms with Gasteiger partial charge in [-0.25, -0.2) is 0 Å². The summed E-state index contributed by atoms with van der Waals surface area (Å²) in [6.45, 7) is 11.2. The van der Waals surface area contributed by atoms with E-state index in [4.69, 9.17) is 5.11 Å². The summed E-state index contributed by atoms with van der Waals surface area (Å²) in [5, 5.41) is 9.13. The van der Waals surface area contributed by atoms with Gasteiger partial charge in [-0.15, -0.1) is 0 Å². The third kappa shape index (κ3) is 3.71. The maximum Gasteiger partial charge on any atom is 0.306 e. The van der Waals surface area contributed by atoms with Crippen molar-refractivity contribution in [3.05, 3.63) is 34.9 Å². The Balaban J connectivity index is 2.25. The Kier molecular flexibility index (Phi) is 4.99. The Bertz CT molecular complexity index is 539. The molecule has 122 valence electrons. The van der Waals surface area contributed by atoms with Crippen LogP contribution in [0.25, 0.3) is 0 Å². The van der Waals surface area contributed by atoms with Crippen molar-refractivity contribution < 1.29 is 9.90 Å². The molecular formula is C20H30O2. The van der Waals surface area contributed by atoms with Gasteiger partial charge >= 0.3 is 5.97 Å². The van der Waals surface area contributed by atoms with Crippen LogP contribution in [0.1, 0.15) is 76.5 Å². The lowest BCUT2D eigenvalue weighted by Gasteiger charge is -2.25. The third-order valence-corrected chi connectivity index (χ3v) is 5.15. The van der Waals surface area contributed by atoms with Gasteiger partial charge in [0.25, 0.3) is 0 Å². The van der Waals surface area contributed by atoms with Gasteiger partial charge in [-0.3, -0.25) is 4.79 Å². The molecule has 0 aliphatic heterocycles. The zero-order valence-electron chi connectivity index (χ0n) is 14.6. The minimum atomic E-state index is -0.612. The highest BCUT2D eigenvalue weighted by molar-refractivity contribution is 5.73. The zero-order chi connectivity index (χ0) is 16.5. The average Bonchev–Trinajstić information content (AvgIpc) is 3.22. The highest BCUT2D eigenvalue weighted by atomic mass is 16.4. The van der Waals surface area contributed by atoms with E-state index in [0.717, 1.165) is 25.7 Å². The number of aliphatic carboxylic acids is 1. The number of carboxylic acid groups (broad SMARTS) is 1. The highest BCUT2D eigenvalue weighted by Crippen LogP contribution is 2.46. The summed E-state index contributed by atoms with van der Waals surface area (Å²) in [5.41, 5.74) is 4.41. The van der Waals surface area contributed by atoms with E-state index in [-0.39, 0.29) is 11.3 Å². The van der Waals surface area contributed by atoms with E-state index in [9.17, 15) is 4.79 Å². The average molecular weight is 302 g/mol. The third-order valence-electron chi connectivity index (χ3n) is 5.15. The van der Waals surface area contributed by atoms with Crippen LogP contribution in [0, 0.1) is 11.8 Å². The van der Waals surface area contributed by atoms with E-state index in [0.29, 0.717) is 11.8 Å². The van der Waals surface area contributed by atoms with Crippen LogP contribution in [0.5, 0.6) is 0 Å². The SMILES string of the molecule is CCc1ccc(C(C)(C)C)cc1C(CC)CC1CC1C(=O)O. The van der Waals surface area contributed by atoms with Gasteiger partial charge in [0.05, 0.1) is 5.92 Å². The Morgan fingerprint density at radius 3 is 2.45 bits per heavy atom. The van der Waals surface area contributed by atoms with E-state index in [1.807, 2.05) is 0 Å². The molecule has 0 heterocycles. The van der Waals surface area contributed by atoms with Crippen LogP contribution in [0.2, 0.25) is 0 Å². The van der Waals surface area contributed by atoms with Crippen molar-refractivity contribution in [3.8, 4) is 0 Å². The number of benzene rings is 1. The smallest absolute Gasteiger partial charge is 0.306 e. The molecule has 0 saturated heterocycles. The van der Waals surface area contributed by atoms with E-state index in [1.165, 1.54) is 16.7 Å². The van der Waals surface area contributed by atoms with Gasteiger partial charge in [0.2, 0.25) is 0 Å². The molecule has 1 aromatic rings. The quantitative estimate of drug-likeness (QED) is 0.789. The fraction of sp³-hybridized carbons (Fsp3) is 0.650. The van der Waals surface area contributed by atoms with Crippen LogP contribution in [-0.2, 0) is 16.6 Å². The molecule has 2 rings (SSSR count). The van der Waals surface area contributed by atoms with Crippen LogP contribution in [-0.4, -0.2) is 11.1 Å². The molecule has 0 spiro atoms. The number of hydrogen-bond acceptors (Lipinski definition) is 1. The van der Waals surface area contributed by atoms with Crippen molar-refractivity contribution in [2.45, 2.75) is 71.6 Å². The predicted molar refractivity (Wildman–Crippen MR) is 91.4 cm³/mol. The lowest BCUT2D eigenvalue weighted by atomic mass is 9.80. The Morgan fingerprint density at radius 1 is 1.32 bits per heavy atom. The zero-order valence-corrected chi connectivity index (χ0v) is 14.6. The van der Waals surface area contributed by atoms with Crippen molar-refractivity contribution >= 4 is 5.97 Å². The standard InChI is InChI=1S/C20H30O2/c1-6-13-8-9-16(20(3,4)5)12-17(13)14(7-2)10-15-11-18(15)19(21)22/h8-9,12,14-15,18H,6-7,10-11H2,1-5H3,(H,21,22). The first-order valence-corrected chi connectivity index (χ1v) is 8.64. The number of rotatable bonds is 6. The van der Waals surface area contributed by atoms with Gasteiger partial charge in [0.15, 0.2) is 0 Å². The Morgan fingerprint density at radius 2 is 2.00 bits per heavy atom. The summed E-state index contributed by atoms with van der Waals surface area (Å²) in [6, 6.07) is 6.91. The van der Waals surface area contributed by atoms with Crippen LogP contribution in [0.4, 0.5) is 0 Å². The molecule has 1 N–H and O–H groups in total. The second-order valence-corrected chi connectivity index (χ2v) is 7.80. The number of aryl methyl sites for hydroxylation is 1. The first kappa shape index (κ1) is 17.1. The molecule has 1 fully saturated rings. The topological polar surface area (TPSA) is 37.3 Å². The molecule has 2 heteroatoms. The first-order chi connectivity index (χ1) is 10.3. The molecule has 1 saturated carbocycles. The lowest BCUT2D eigenvalue weighted by molar-refractivity contribution is -0.138. The Hall–Kier alpha value is -1.31. The first-order valence-electron chi connectivity index (χ1n) is 8.64. The minimum Gasteiger partial charge on any atom is -0.481 e. The van der Waals surface area contributed by atoms with Gasteiger partial charge in [0, 0.05) is 0 Å². The Labute approximate surface area is 134 Å². The van der Waals surface area contributed by atoms with Crippen LogP contribution in [0.3, 0.4) is 0 Å². The van der Waals surface area contributed by atoms with Crippen LogP contribution in [0.15, 0.2) is 18.2 Å². The van der Waals surface area contributed by atoms with Crippen molar-refractivity contribution in [2.75, 3.05) is 0 Å². The lowest BCUT2D eigenvalue weighted by Crippen LogP contribution is -2.13. The monoisotopic (exact) mass is 302 g/mol. The molecule has 0 amide bonds. The number of carbonyl (C=O) groups is 1. The summed E-state index contributed by atoms with van der Waals surface area (Å²) in [7, 11) is 0. The fourth-order valence-corrected chi connectivity index (χ4v) is 3.45. The number of carboxylic acids is 1. The summed E-state index contributed by atoms with van der Waals surface area (Å²) < 4.78 is 0. The maximum absolute atomic E-state index is 11.1. The van der Waals surface area contributed by atoms with Gasteiger partial charge in [0.1, 0.15) is 0 Å². The molecular weight excluding hydrogens is 272 g/mol. The van der Waals surface area contributed by atoms with Crippen LogP contribution >= 0.6 is 0 Å². The van der Waals surface area contributed by atoms with Crippen molar-refractivity contribution in [2.24, 2.45) is 11.8 Å². The second kappa shape index (κ2) is 6.44. The van der Waals surface area contributed by atoms with Gasteiger partial charge < -0.3 is 5.11 Å². The van der Waals surface area contributed by atoms with E-state index in [1.54, 1.807) is 0 Å². The van der Waals surface area contributed by atoms with Gasteiger partial charge in [-0.1, -0.05) is 52.8 Å².